The molecular formula is C27H28Cl2N4O3. The fourth-order valence-electron chi connectivity index (χ4n) is 4.51. The van der Waals surface area contributed by atoms with Crippen molar-refractivity contribution in [1.29, 1.82) is 5.26 Å². The van der Waals surface area contributed by atoms with Crippen molar-refractivity contribution < 1.29 is 14.3 Å². The maximum atomic E-state index is 13.0. The Balaban J connectivity index is 0.000000229. The Morgan fingerprint density at radius 3 is 2.39 bits per heavy atom. The van der Waals surface area contributed by atoms with Crippen LogP contribution in [-0.2, 0) is 11.8 Å². The molecule has 0 bridgehead atoms. The van der Waals surface area contributed by atoms with Crippen LogP contribution in [0.1, 0.15) is 37.5 Å². The van der Waals surface area contributed by atoms with E-state index in [1.807, 2.05) is 6.92 Å². The van der Waals surface area contributed by atoms with Crippen LogP contribution in [-0.4, -0.2) is 78.9 Å². The van der Waals surface area contributed by atoms with Gasteiger partial charge < -0.3 is 14.2 Å². The smallest absolute Gasteiger partial charge is 0.212 e. The average Bonchev–Trinajstić information content (AvgIpc) is 3.17. The van der Waals surface area contributed by atoms with Crippen LogP contribution in [0.25, 0.3) is 10.9 Å². The fraction of sp³-hybridized carbons (Fsp3) is 0.370. The summed E-state index contributed by atoms with van der Waals surface area (Å²) in [6.45, 7) is 8.69. The number of fused-ring (bicyclic) bond motifs is 1. The minimum Gasteiger partial charge on any atom is -0.378 e. The van der Waals surface area contributed by atoms with Crippen LogP contribution in [0.5, 0.6) is 0 Å². The molecule has 188 valence electrons. The van der Waals surface area contributed by atoms with Crippen molar-refractivity contribution in [2.24, 2.45) is 7.05 Å². The summed E-state index contributed by atoms with van der Waals surface area (Å²) in [5.41, 5.74) is 2.85. The molecule has 36 heavy (non-hydrogen) atoms. The van der Waals surface area contributed by atoms with Gasteiger partial charge >= 0.3 is 0 Å². The minimum absolute atomic E-state index is 0.0344. The monoisotopic (exact) mass is 526 g/mol. The second-order valence-electron chi connectivity index (χ2n) is 9.23. The summed E-state index contributed by atoms with van der Waals surface area (Å²) in [5.74, 6) is -0.379. The maximum absolute atomic E-state index is 13.0. The van der Waals surface area contributed by atoms with Crippen molar-refractivity contribution in [1.82, 2.24) is 14.4 Å². The van der Waals surface area contributed by atoms with E-state index in [9.17, 15) is 9.59 Å². The summed E-state index contributed by atoms with van der Waals surface area (Å²) in [4.78, 5) is 29.1. The molecule has 0 unspecified atom stereocenters. The number of rotatable bonds is 4. The topological polar surface area (TPSA) is 78.6 Å². The molecule has 0 amide bonds. The van der Waals surface area contributed by atoms with Gasteiger partial charge in [0.05, 0.1) is 52.2 Å². The molecule has 3 heterocycles. The number of hydrogen-bond acceptors (Lipinski definition) is 6. The van der Waals surface area contributed by atoms with Gasteiger partial charge in [0.2, 0.25) is 5.78 Å². The van der Waals surface area contributed by atoms with Gasteiger partial charge in [-0.05, 0) is 49.9 Å². The van der Waals surface area contributed by atoms with Gasteiger partial charge in [-0.25, -0.2) is 0 Å². The van der Waals surface area contributed by atoms with Gasteiger partial charge in [0.25, 0.3) is 0 Å². The largest absolute Gasteiger partial charge is 0.378 e. The standard InChI is InChI=1S/C19H12Cl2N2O2.C8H16N2O/c1-10-5-11(8-22)6-15-13(10)7-16(23(15)2)19(25)17-14(20)4-3-12(9-24)18(17)21;1-9-2-4-10(5-3-9)8-6-11-7-8/h3-7,9H,1-2H3;8H,2-7H2,1H3. The zero-order valence-electron chi connectivity index (χ0n) is 20.6. The minimum atomic E-state index is -0.379. The molecular weight excluding hydrogens is 499 g/mol. The Morgan fingerprint density at radius 1 is 1.11 bits per heavy atom. The van der Waals surface area contributed by atoms with Gasteiger partial charge in [-0.15, -0.1) is 0 Å². The van der Waals surface area contributed by atoms with E-state index in [0.29, 0.717) is 17.5 Å². The van der Waals surface area contributed by atoms with Crippen LogP contribution in [0.2, 0.25) is 10.0 Å². The highest BCUT2D eigenvalue weighted by molar-refractivity contribution is 6.42. The van der Waals surface area contributed by atoms with Crippen molar-refractivity contribution >= 4 is 46.2 Å². The van der Waals surface area contributed by atoms with Gasteiger partial charge in [-0.1, -0.05) is 23.2 Å². The molecule has 2 saturated heterocycles. The Kier molecular flexibility index (Phi) is 8.13. The third-order valence-electron chi connectivity index (χ3n) is 6.88. The Labute approximate surface area is 220 Å². The number of aldehydes is 1. The van der Waals surface area contributed by atoms with E-state index in [2.05, 4.69) is 22.9 Å². The zero-order valence-corrected chi connectivity index (χ0v) is 22.1. The molecule has 2 aliphatic heterocycles. The summed E-state index contributed by atoms with van der Waals surface area (Å²) in [6.07, 6.45) is 0.584. The van der Waals surface area contributed by atoms with Gasteiger partial charge in [-0.3, -0.25) is 14.5 Å². The van der Waals surface area contributed by atoms with Gasteiger partial charge in [0.15, 0.2) is 6.29 Å². The van der Waals surface area contributed by atoms with E-state index in [0.717, 1.165) is 35.7 Å². The first-order valence-corrected chi connectivity index (χ1v) is 12.5. The Hall–Kier alpha value is -2.73. The molecule has 0 spiro atoms. The Bertz CT molecular complexity index is 1350. The summed E-state index contributed by atoms with van der Waals surface area (Å²) >= 11 is 12.4. The molecule has 2 aliphatic rings. The number of nitriles is 1. The molecule has 0 atom stereocenters. The first-order chi connectivity index (χ1) is 17.2. The lowest BCUT2D eigenvalue weighted by atomic mass is 10.0. The van der Waals surface area contributed by atoms with E-state index >= 15 is 0 Å². The van der Waals surface area contributed by atoms with Crippen molar-refractivity contribution in [2.75, 3.05) is 46.4 Å². The second kappa shape index (κ2) is 11.1. The molecule has 0 N–H and O–H groups in total. The third kappa shape index (κ3) is 5.19. The highest BCUT2D eigenvalue weighted by atomic mass is 35.5. The lowest BCUT2D eigenvalue weighted by Crippen LogP contribution is -2.55. The maximum Gasteiger partial charge on any atom is 0.212 e. The number of benzene rings is 2. The number of halogens is 2. The predicted octanol–water partition coefficient (Wildman–Crippen LogP) is 4.34. The number of aryl methyl sites for hydroxylation is 2. The van der Waals surface area contributed by atoms with E-state index in [-0.39, 0.29) is 27.0 Å². The van der Waals surface area contributed by atoms with Crippen molar-refractivity contribution in [2.45, 2.75) is 13.0 Å². The lowest BCUT2D eigenvalue weighted by Gasteiger charge is -2.41. The van der Waals surface area contributed by atoms with Crippen LogP contribution in [0.4, 0.5) is 0 Å². The number of carbonyl (C=O) groups is 2. The van der Waals surface area contributed by atoms with Gasteiger partial charge in [0.1, 0.15) is 0 Å². The molecule has 2 fully saturated rings. The molecule has 0 saturated carbocycles. The first-order valence-electron chi connectivity index (χ1n) is 11.7. The van der Waals surface area contributed by atoms with Crippen molar-refractivity contribution in [3.8, 4) is 6.07 Å². The molecule has 2 aromatic carbocycles. The Morgan fingerprint density at radius 2 is 1.81 bits per heavy atom. The normalized spacial score (nSPS) is 16.7. The molecule has 9 heteroatoms. The van der Waals surface area contributed by atoms with Crippen LogP contribution < -0.4 is 0 Å². The molecule has 5 rings (SSSR count). The number of piperazine rings is 1. The fourth-order valence-corrected chi connectivity index (χ4v) is 5.09. The van der Waals surface area contributed by atoms with E-state index in [4.69, 9.17) is 33.2 Å². The molecule has 0 radical (unpaired) electrons. The molecule has 1 aromatic heterocycles. The number of aromatic nitrogens is 1. The summed E-state index contributed by atoms with van der Waals surface area (Å²) < 4.78 is 6.86. The predicted molar refractivity (Wildman–Crippen MR) is 141 cm³/mol. The van der Waals surface area contributed by atoms with Crippen LogP contribution in [0.3, 0.4) is 0 Å². The van der Waals surface area contributed by atoms with Crippen LogP contribution in [0.15, 0.2) is 30.3 Å². The highest BCUT2D eigenvalue weighted by Gasteiger charge is 2.27. The number of ether oxygens (including phenoxy) is 1. The third-order valence-corrected chi connectivity index (χ3v) is 7.60. The number of carbonyl (C=O) groups excluding carboxylic acids is 2. The quantitative estimate of drug-likeness (QED) is 0.371. The van der Waals surface area contributed by atoms with Gasteiger partial charge in [0, 0.05) is 49.7 Å². The van der Waals surface area contributed by atoms with Crippen LogP contribution in [0, 0.1) is 18.3 Å². The zero-order chi connectivity index (χ0) is 26.0. The first kappa shape index (κ1) is 26.3. The molecule has 7 nitrogen and oxygen atoms in total. The summed E-state index contributed by atoms with van der Waals surface area (Å²) in [6, 6.07) is 11.0. The van der Waals surface area contributed by atoms with E-state index < -0.39 is 0 Å². The van der Waals surface area contributed by atoms with Crippen molar-refractivity contribution in [3.05, 3.63) is 68.3 Å². The summed E-state index contributed by atoms with van der Waals surface area (Å²) in [7, 11) is 3.93. The number of likely N-dealkylation sites (N-methyl/N-ethyl adjacent to an activating group) is 1. The number of nitrogens with zero attached hydrogens (tertiary/aromatic N) is 4. The molecule has 3 aromatic rings. The lowest BCUT2D eigenvalue weighted by molar-refractivity contribution is -0.0752. The number of ketones is 1. The molecule has 0 aliphatic carbocycles. The van der Waals surface area contributed by atoms with Crippen LogP contribution >= 0.6 is 23.2 Å². The second-order valence-corrected chi connectivity index (χ2v) is 10.0. The number of hydrogen-bond donors (Lipinski definition) is 0. The SMILES string of the molecule is CN1CCN(C2COC2)CC1.Cc1cc(C#N)cc2c1cc(C(=O)c1c(Cl)ccc(C=O)c1Cl)n2C. The average molecular weight is 527 g/mol. The highest BCUT2D eigenvalue weighted by Crippen LogP contribution is 2.32. The van der Waals surface area contributed by atoms with E-state index in [1.54, 1.807) is 29.8 Å². The van der Waals surface area contributed by atoms with Gasteiger partial charge in [-0.2, -0.15) is 5.26 Å². The van der Waals surface area contributed by atoms with E-state index in [1.165, 1.54) is 38.3 Å². The van der Waals surface area contributed by atoms with Crippen molar-refractivity contribution in [3.63, 3.8) is 0 Å². The summed E-state index contributed by atoms with van der Waals surface area (Å²) in [5, 5.41) is 10.2.